The third kappa shape index (κ3) is 5.73. The van der Waals surface area contributed by atoms with Gasteiger partial charge in [0.05, 0.1) is 6.61 Å². The summed E-state index contributed by atoms with van der Waals surface area (Å²) < 4.78 is 11.0. The minimum absolute atomic E-state index is 0.223. The summed E-state index contributed by atoms with van der Waals surface area (Å²) in [5.41, 5.74) is 3.47. The number of benzene rings is 2. The van der Waals surface area contributed by atoms with Crippen LogP contribution in [0.2, 0.25) is 0 Å². The lowest BCUT2D eigenvalue weighted by Gasteiger charge is -2.09. The first-order chi connectivity index (χ1) is 11.4. The van der Waals surface area contributed by atoms with Crippen LogP contribution in [-0.4, -0.2) is 12.6 Å². The molecule has 0 aliphatic rings. The first kappa shape index (κ1) is 18.1. The number of hydrogen-bond donors (Lipinski definition) is 0. The van der Waals surface area contributed by atoms with Crippen molar-refractivity contribution in [3.63, 3.8) is 0 Å². The van der Waals surface area contributed by atoms with Gasteiger partial charge in [-0.3, -0.25) is 4.79 Å². The van der Waals surface area contributed by atoms with Gasteiger partial charge in [0.25, 0.3) is 0 Å². The van der Waals surface area contributed by atoms with Gasteiger partial charge in [-0.1, -0.05) is 32.0 Å². The molecule has 0 saturated heterocycles. The fraction of sp³-hybridized carbons (Fsp3) is 0.381. The van der Waals surface area contributed by atoms with Crippen LogP contribution in [-0.2, 0) is 4.79 Å². The van der Waals surface area contributed by atoms with E-state index in [-0.39, 0.29) is 5.97 Å². The Kier molecular flexibility index (Phi) is 6.42. The van der Waals surface area contributed by atoms with Gasteiger partial charge in [-0.15, -0.1) is 0 Å². The van der Waals surface area contributed by atoms with Crippen LogP contribution >= 0.6 is 0 Å². The number of carbonyl (C=O) groups excluding carboxylic acids is 1. The van der Waals surface area contributed by atoms with E-state index in [0.717, 1.165) is 16.9 Å². The van der Waals surface area contributed by atoms with Gasteiger partial charge in [0.1, 0.15) is 11.5 Å². The van der Waals surface area contributed by atoms with E-state index in [4.69, 9.17) is 9.47 Å². The topological polar surface area (TPSA) is 35.5 Å². The standard InChI is InChI=1S/C21H26O3/c1-15(2)18-7-9-19(10-8-18)23-11-5-6-21(22)24-20-13-16(3)12-17(4)14-20/h7-10,12-15H,5-6,11H2,1-4H3. The predicted molar refractivity (Wildman–Crippen MR) is 96.8 cm³/mol. The Bertz CT molecular complexity index is 652. The first-order valence-corrected chi connectivity index (χ1v) is 8.46. The third-order valence-electron chi connectivity index (χ3n) is 3.77. The lowest BCUT2D eigenvalue weighted by Crippen LogP contribution is -2.10. The zero-order valence-corrected chi connectivity index (χ0v) is 15.0. The Hall–Kier alpha value is -2.29. The van der Waals surface area contributed by atoms with Crippen molar-refractivity contribution in [2.24, 2.45) is 0 Å². The molecule has 2 aromatic carbocycles. The highest BCUT2D eigenvalue weighted by atomic mass is 16.5. The van der Waals surface area contributed by atoms with Crippen molar-refractivity contribution in [3.8, 4) is 11.5 Å². The van der Waals surface area contributed by atoms with Crippen LogP contribution in [0.3, 0.4) is 0 Å². The minimum atomic E-state index is -0.223. The van der Waals surface area contributed by atoms with Crippen LogP contribution in [0.4, 0.5) is 0 Å². The maximum absolute atomic E-state index is 11.9. The molecule has 3 heteroatoms. The number of esters is 1. The second-order valence-electron chi connectivity index (χ2n) is 6.47. The van der Waals surface area contributed by atoms with Crippen LogP contribution in [0.15, 0.2) is 42.5 Å². The molecule has 0 unspecified atom stereocenters. The summed E-state index contributed by atoms with van der Waals surface area (Å²) in [5.74, 6) is 1.74. The average Bonchev–Trinajstić information content (AvgIpc) is 2.51. The molecule has 0 N–H and O–H groups in total. The number of ether oxygens (including phenoxy) is 2. The van der Waals surface area contributed by atoms with Gasteiger partial charge in [-0.05, 0) is 67.1 Å². The fourth-order valence-electron chi connectivity index (χ4n) is 2.53. The summed E-state index contributed by atoms with van der Waals surface area (Å²) in [5, 5.41) is 0. The summed E-state index contributed by atoms with van der Waals surface area (Å²) in [6.45, 7) is 8.81. The lowest BCUT2D eigenvalue weighted by atomic mass is 10.0. The highest BCUT2D eigenvalue weighted by Crippen LogP contribution is 2.19. The molecule has 0 amide bonds. The molecule has 2 aromatic rings. The molecule has 0 saturated carbocycles. The van der Waals surface area contributed by atoms with Crippen molar-refractivity contribution in [2.45, 2.75) is 46.5 Å². The van der Waals surface area contributed by atoms with E-state index in [9.17, 15) is 4.79 Å². The van der Waals surface area contributed by atoms with E-state index in [2.05, 4.69) is 32.0 Å². The molecule has 0 fully saturated rings. The van der Waals surface area contributed by atoms with Crippen molar-refractivity contribution >= 4 is 5.97 Å². The average molecular weight is 326 g/mol. The van der Waals surface area contributed by atoms with Crippen molar-refractivity contribution in [1.82, 2.24) is 0 Å². The maximum atomic E-state index is 11.9. The van der Waals surface area contributed by atoms with Gasteiger partial charge in [-0.2, -0.15) is 0 Å². The van der Waals surface area contributed by atoms with Crippen molar-refractivity contribution in [2.75, 3.05) is 6.61 Å². The van der Waals surface area contributed by atoms with E-state index in [1.807, 2.05) is 38.1 Å². The second-order valence-corrected chi connectivity index (χ2v) is 6.47. The molecule has 0 bridgehead atoms. The summed E-state index contributed by atoms with van der Waals surface area (Å²) in [7, 11) is 0. The molecule has 24 heavy (non-hydrogen) atoms. The molecule has 0 spiro atoms. The van der Waals surface area contributed by atoms with Gasteiger partial charge >= 0.3 is 5.97 Å². The van der Waals surface area contributed by atoms with E-state index < -0.39 is 0 Å². The highest BCUT2D eigenvalue weighted by Gasteiger charge is 2.06. The summed E-state index contributed by atoms with van der Waals surface area (Å²) >= 11 is 0. The summed E-state index contributed by atoms with van der Waals surface area (Å²) in [6, 6.07) is 13.9. The Labute approximate surface area is 144 Å². The maximum Gasteiger partial charge on any atom is 0.311 e. The first-order valence-electron chi connectivity index (χ1n) is 8.46. The monoisotopic (exact) mass is 326 g/mol. The SMILES string of the molecule is Cc1cc(C)cc(OC(=O)CCCOc2ccc(C(C)C)cc2)c1. The molecule has 0 aliphatic heterocycles. The molecule has 3 nitrogen and oxygen atoms in total. The molecule has 0 atom stereocenters. The third-order valence-corrected chi connectivity index (χ3v) is 3.77. The van der Waals surface area contributed by atoms with Crippen molar-refractivity contribution in [1.29, 1.82) is 0 Å². The fourth-order valence-corrected chi connectivity index (χ4v) is 2.53. The largest absolute Gasteiger partial charge is 0.494 e. The van der Waals surface area contributed by atoms with Gasteiger partial charge in [0, 0.05) is 6.42 Å². The van der Waals surface area contributed by atoms with E-state index >= 15 is 0 Å². The Morgan fingerprint density at radius 3 is 2.17 bits per heavy atom. The molecule has 0 heterocycles. The Morgan fingerprint density at radius 2 is 1.58 bits per heavy atom. The Balaban J connectivity index is 1.72. The molecule has 0 aliphatic carbocycles. The number of carbonyl (C=O) groups is 1. The normalized spacial score (nSPS) is 10.7. The van der Waals surface area contributed by atoms with Crippen LogP contribution < -0.4 is 9.47 Å². The van der Waals surface area contributed by atoms with Gasteiger partial charge in [0.15, 0.2) is 0 Å². The van der Waals surface area contributed by atoms with Crippen LogP contribution in [0.5, 0.6) is 11.5 Å². The van der Waals surface area contributed by atoms with Crippen LogP contribution in [0.1, 0.15) is 49.3 Å². The van der Waals surface area contributed by atoms with E-state index in [0.29, 0.717) is 31.1 Å². The van der Waals surface area contributed by atoms with E-state index in [1.165, 1.54) is 5.56 Å². The number of hydrogen-bond acceptors (Lipinski definition) is 3. The second kappa shape index (κ2) is 8.53. The molecule has 0 radical (unpaired) electrons. The Morgan fingerprint density at radius 1 is 0.958 bits per heavy atom. The van der Waals surface area contributed by atoms with E-state index in [1.54, 1.807) is 0 Å². The van der Waals surface area contributed by atoms with Crippen molar-refractivity contribution < 1.29 is 14.3 Å². The molecule has 0 aromatic heterocycles. The lowest BCUT2D eigenvalue weighted by molar-refractivity contribution is -0.134. The van der Waals surface area contributed by atoms with Crippen LogP contribution in [0.25, 0.3) is 0 Å². The van der Waals surface area contributed by atoms with Crippen molar-refractivity contribution in [3.05, 3.63) is 59.2 Å². The number of aryl methyl sites for hydroxylation is 2. The zero-order valence-electron chi connectivity index (χ0n) is 15.0. The summed E-state index contributed by atoms with van der Waals surface area (Å²) in [6.07, 6.45) is 0.979. The molecule has 2 rings (SSSR count). The predicted octanol–water partition coefficient (Wildman–Crippen LogP) is 5.19. The quantitative estimate of drug-likeness (QED) is 0.399. The van der Waals surface area contributed by atoms with Crippen LogP contribution in [0, 0.1) is 13.8 Å². The smallest absolute Gasteiger partial charge is 0.311 e. The highest BCUT2D eigenvalue weighted by molar-refractivity contribution is 5.72. The molecule has 128 valence electrons. The minimum Gasteiger partial charge on any atom is -0.494 e. The molecular weight excluding hydrogens is 300 g/mol. The van der Waals surface area contributed by atoms with Gasteiger partial charge < -0.3 is 9.47 Å². The zero-order chi connectivity index (χ0) is 17.5. The number of rotatable bonds is 7. The van der Waals surface area contributed by atoms with Gasteiger partial charge in [0.2, 0.25) is 0 Å². The van der Waals surface area contributed by atoms with Gasteiger partial charge in [-0.25, -0.2) is 0 Å². The summed E-state index contributed by atoms with van der Waals surface area (Å²) in [4.78, 5) is 11.9. The molecular formula is C21H26O3.